The average Bonchev–Trinajstić information content (AvgIpc) is 2.59. The van der Waals surface area contributed by atoms with E-state index in [2.05, 4.69) is 4.74 Å². The Morgan fingerprint density at radius 2 is 1.92 bits per heavy atom. The largest absolute Gasteiger partial charge is 0.480 e. The lowest BCUT2D eigenvalue weighted by molar-refractivity contribution is -0.386. The molecule has 1 aromatic rings. The molecule has 1 aromatic carbocycles. The zero-order chi connectivity index (χ0) is 18.6. The van der Waals surface area contributed by atoms with Crippen LogP contribution >= 0.6 is 0 Å². The summed E-state index contributed by atoms with van der Waals surface area (Å²) in [5.74, 6) is -5.44. The second-order valence-corrected chi connectivity index (χ2v) is 5.64. The lowest BCUT2D eigenvalue weighted by Gasteiger charge is -2.26. The smallest absolute Gasteiger partial charge is 0.340 e. The molecule has 1 amide bonds. The molecule has 138 valence electrons. The number of likely N-dealkylation sites (tertiary alicyclic amines) is 1. The van der Waals surface area contributed by atoms with Gasteiger partial charge in [0.05, 0.1) is 4.92 Å². The third-order valence-electron chi connectivity index (χ3n) is 3.79. The summed E-state index contributed by atoms with van der Waals surface area (Å²) in [5.41, 5.74) is -0.713. The van der Waals surface area contributed by atoms with Crippen molar-refractivity contribution in [2.24, 2.45) is 0 Å². The summed E-state index contributed by atoms with van der Waals surface area (Å²) in [5, 5.41) is 11.1. The van der Waals surface area contributed by atoms with Crippen LogP contribution in [0.2, 0.25) is 0 Å². The van der Waals surface area contributed by atoms with Gasteiger partial charge in [0.1, 0.15) is 0 Å². The quantitative estimate of drug-likeness (QED) is 0.440. The maximum absolute atomic E-state index is 12.9. The van der Waals surface area contributed by atoms with Crippen LogP contribution in [0.4, 0.5) is 23.2 Å². The highest BCUT2D eigenvalue weighted by Crippen LogP contribution is 2.31. The number of nitro groups is 1. The van der Waals surface area contributed by atoms with Crippen LogP contribution in [0, 0.1) is 10.1 Å². The topological polar surface area (TPSA) is 72.7 Å². The van der Waals surface area contributed by atoms with Gasteiger partial charge in [-0.1, -0.05) is 0 Å². The van der Waals surface area contributed by atoms with E-state index in [0.29, 0.717) is 13.1 Å². The van der Waals surface area contributed by atoms with E-state index in [1.807, 2.05) is 0 Å². The fourth-order valence-corrected chi connectivity index (χ4v) is 2.43. The van der Waals surface area contributed by atoms with Gasteiger partial charge >= 0.3 is 18.0 Å². The molecule has 1 aliphatic heterocycles. The van der Waals surface area contributed by atoms with Crippen LogP contribution in [-0.2, 0) is 0 Å². The van der Waals surface area contributed by atoms with Gasteiger partial charge in [-0.3, -0.25) is 14.9 Å². The molecule has 10 heteroatoms. The molecule has 1 saturated heterocycles. The number of hydrogen-bond acceptors (Lipinski definition) is 4. The first-order valence-electron chi connectivity index (χ1n) is 7.59. The van der Waals surface area contributed by atoms with Crippen molar-refractivity contribution in [1.82, 2.24) is 4.90 Å². The molecule has 0 radical (unpaired) electrons. The van der Waals surface area contributed by atoms with Gasteiger partial charge in [-0.05, 0) is 31.4 Å². The fraction of sp³-hybridized carbons (Fsp3) is 0.533. The summed E-state index contributed by atoms with van der Waals surface area (Å²) in [7, 11) is 0. The number of amides is 1. The van der Waals surface area contributed by atoms with Gasteiger partial charge in [0.2, 0.25) is 0 Å². The first kappa shape index (κ1) is 18.9. The minimum Gasteiger partial charge on any atom is -0.480 e. The summed E-state index contributed by atoms with van der Waals surface area (Å²) < 4.78 is 54.6. The molecule has 0 N–H and O–H groups in total. The Labute approximate surface area is 140 Å². The Hall–Kier alpha value is -2.39. The SMILES string of the molecule is O=C(c1ccc(OCC(F)(F)C(F)F)c([N+](=O)[O-])c1)N1CCCCC1. The highest BCUT2D eigenvalue weighted by molar-refractivity contribution is 5.95. The number of piperidine rings is 1. The van der Waals surface area contributed by atoms with Gasteiger partial charge in [-0.15, -0.1) is 0 Å². The molecule has 0 spiro atoms. The van der Waals surface area contributed by atoms with E-state index in [0.717, 1.165) is 31.4 Å². The number of nitro benzene ring substituents is 1. The minimum atomic E-state index is -4.43. The Morgan fingerprint density at radius 1 is 1.28 bits per heavy atom. The first-order chi connectivity index (χ1) is 11.7. The number of halogens is 4. The number of ether oxygens (including phenoxy) is 1. The molecule has 0 bridgehead atoms. The van der Waals surface area contributed by atoms with Crippen molar-refractivity contribution in [1.29, 1.82) is 0 Å². The maximum Gasteiger partial charge on any atom is 0.340 e. The average molecular weight is 364 g/mol. The molecule has 2 rings (SSSR count). The van der Waals surface area contributed by atoms with Gasteiger partial charge in [-0.2, -0.15) is 8.78 Å². The Bertz CT molecular complexity index is 648. The van der Waals surface area contributed by atoms with Crippen LogP contribution < -0.4 is 4.74 Å². The van der Waals surface area contributed by atoms with Crippen LogP contribution in [0.15, 0.2) is 18.2 Å². The van der Waals surface area contributed by atoms with Gasteiger partial charge in [-0.25, -0.2) is 8.78 Å². The van der Waals surface area contributed by atoms with Crippen molar-refractivity contribution >= 4 is 11.6 Å². The van der Waals surface area contributed by atoms with Crippen LogP contribution in [0.25, 0.3) is 0 Å². The first-order valence-corrected chi connectivity index (χ1v) is 7.59. The number of benzene rings is 1. The van der Waals surface area contributed by atoms with E-state index in [-0.39, 0.29) is 5.56 Å². The lowest BCUT2D eigenvalue weighted by atomic mass is 10.1. The van der Waals surface area contributed by atoms with E-state index >= 15 is 0 Å². The highest BCUT2D eigenvalue weighted by atomic mass is 19.3. The predicted octanol–water partition coefficient (Wildman–Crippen LogP) is 3.50. The Balaban J connectivity index is 2.19. The Morgan fingerprint density at radius 3 is 2.48 bits per heavy atom. The van der Waals surface area contributed by atoms with Crippen molar-refractivity contribution in [3.05, 3.63) is 33.9 Å². The predicted molar refractivity (Wildman–Crippen MR) is 79.3 cm³/mol. The van der Waals surface area contributed by atoms with E-state index in [4.69, 9.17) is 0 Å². The molecule has 0 unspecified atom stereocenters. The highest BCUT2D eigenvalue weighted by Gasteiger charge is 2.42. The number of rotatable bonds is 6. The number of hydrogen-bond donors (Lipinski definition) is 0. The van der Waals surface area contributed by atoms with Gasteiger partial charge in [0, 0.05) is 24.7 Å². The van der Waals surface area contributed by atoms with Crippen molar-refractivity contribution in [3.63, 3.8) is 0 Å². The molecule has 6 nitrogen and oxygen atoms in total. The molecule has 0 aromatic heterocycles. The molecular formula is C15H16F4N2O4. The number of carbonyl (C=O) groups is 1. The number of alkyl halides is 4. The molecule has 0 saturated carbocycles. The van der Waals surface area contributed by atoms with Gasteiger partial charge in [0.15, 0.2) is 12.4 Å². The van der Waals surface area contributed by atoms with Crippen LogP contribution in [0.1, 0.15) is 29.6 Å². The van der Waals surface area contributed by atoms with E-state index in [1.165, 1.54) is 6.07 Å². The lowest BCUT2D eigenvalue weighted by Crippen LogP contribution is -2.35. The van der Waals surface area contributed by atoms with E-state index < -0.39 is 41.2 Å². The summed E-state index contributed by atoms with van der Waals surface area (Å²) in [6, 6.07) is 3.07. The van der Waals surface area contributed by atoms with Crippen molar-refractivity contribution in [2.45, 2.75) is 31.6 Å². The molecule has 25 heavy (non-hydrogen) atoms. The van der Waals surface area contributed by atoms with E-state index in [1.54, 1.807) is 4.90 Å². The zero-order valence-electron chi connectivity index (χ0n) is 13.1. The molecule has 1 fully saturated rings. The second kappa shape index (κ2) is 7.66. The monoisotopic (exact) mass is 364 g/mol. The molecule has 0 aliphatic carbocycles. The summed E-state index contributed by atoms with van der Waals surface area (Å²) in [6.07, 6.45) is -1.30. The number of nitrogens with zero attached hydrogens (tertiary/aromatic N) is 2. The molecule has 1 aliphatic rings. The van der Waals surface area contributed by atoms with Crippen molar-refractivity contribution in [2.75, 3.05) is 19.7 Å². The van der Waals surface area contributed by atoms with Crippen LogP contribution in [0.3, 0.4) is 0 Å². The maximum atomic E-state index is 12.9. The summed E-state index contributed by atoms with van der Waals surface area (Å²) in [6.45, 7) is -0.637. The fourth-order valence-electron chi connectivity index (χ4n) is 2.43. The normalized spacial score (nSPS) is 15.3. The third-order valence-corrected chi connectivity index (χ3v) is 3.79. The van der Waals surface area contributed by atoms with Crippen LogP contribution in [-0.4, -0.2) is 47.8 Å². The number of carbonyl (C=O) groups excluding carboxylic acids is 1. The zero-order valence-corrected chi connectivity index (χ0v) is 13.1. The van der Waals surface area contributed by atoms with E-state index in [9.17, 15) is 32.5 Å². The summed E-state index contributed by atoms with van der Waals surface area (Å²) >= 11 is 0. The second-order valence-electron chi connectivity index (χ2n) is 5.64. The minimum absolute atomic E-state index is 0.0153. The molecule has 1 heterocycles. The molecular weight excluding hydrogens is 348 g/mol. The summed E-state index contributed by atoms with van der Waals surface area (Å²) in [4.78, 5) is 24.1. The van der Waals surface area contributed by atoms with Gasteiger partial charge < -0.3 is 9.64 Å². The van der Waals surface area contributed by atoms with Crippen molar-refractivity contribution in [3.8, 4) is 5.75 Å². The van der Waals surface area contributed by atoms with Gasteiger partial charge in [0.25, 0.3) is 5.91 Å². The van der Waals surface area contributed by atoms with Crippen molar-refractivity contribution < 1.29 is 32.0 Å². The Kier molecular flexibility index (Phi) is 5.81. The standard InChI is InChI=1S/C15H16F4N2O4/c16-14(17)15(18,19)9-25-12-5-4-10(8-11(12)21(23)24)13(22)20-6-2-1-3-7-20/h4-5,8,14H,1-3,6-7,9H2. The van der Waals surface area contributed by atoms with Crippen LogP contribution in [0.5, 0.6) is 5.75 Å². The molecule has 0 atom stereocenters. The third kappa shape index (κ3) is 4.58.